The molecule has 0 saturated carbocycles. The zero-order valence-corrected chi connectivity index (χ0v) is 13.7. The van der Waals surface area contributed by atoms with Crippen LogP contribution in [-0.4, -0.2) is 43.1 Å². The van der Waals surface area contributed by atoms with Crippen LogP contribution in [0.4, 0.5) is 5.82 Å². The Balaban J connectivity index is 2.86. The molecule has 1 N–H and O–H groups in total. The Morgan fingerprint density at radius 2 is 1.90 bits per heavy atom. The van der Waals surface area contributed by atoms with Gasteiger partial charge in [0.15, 0.2) is 0 Å². The van der Waals surface area contributed by atoms with E-state index >= 15 is 0 Å². The lowest BCUT2D eigenvalue weighted by Crippen LogP contribution is -2.29. The number of anilines is 1. The van der Waals surface area contributed by atoms with Crippen molar-refractivity contribution in [2.75, 3.05) is 38.3 Å². The first-order chi connectivity index (χ1) is 9.65. The highest BCUT2D eigenvalue weighted by molar-refractivity contribution is 5.50. The number of hydrogen-bond acceptors (Lipinski definition) is 4. The molecule has 0 bridgehead atoms. The van der Waals surface area contributed by atoms with Gasteiger partial charge in [-0.1, -0.05) is 13.8 Å². The molecule has 0 saturated heterocycles. The quantitative estimate of drug-likeness (QED) is 0.667. The molecular formula is C15H30N4O. The summed E-state index contributed by atoms with van der Waals surface area (Å²) in [5, 5.41) is 8.03. The van der Waals surface area contributed by atoms with Gasteiger partial charge in [0.2, 0.25) is 0 Å². The fraction of sp³-hybridized carbons (Fsp3) is 0.800. The second-order valence-corrected chi connectivity index (χ2v) is 5.17. The van der Waals surface area contributed by atoms with E-state index in [1.165, 1.54) is 11.4 Å². The normalized spacial score (nSPS) is 11.1. The van der Waals surface area contributed by atoms with Crippen LogP contribution in [0, 0.1) is 6.92 Å². The molecule has 0 spiro atoms. The summed E-state index contributed by atoms with van der Waals surface area (Å²) in [5.41, 5.74) is 2.43. The van der Waals surface area contributed by atoms with Crippen LogP contribution < -0.4 is 10.2 Å². The van der Waals surface area contributed by atoms with Crippen molar-refractivity contribution in [1.82, 2.24) is 15.1 Å². The summed E-state index contributed by atoms with van der Waals surface area (Å²) in [6.45, 7) is 11.2. The average molecular weight is 282 g/mol. The fourth-order valence-corrected chi connectivity index (χ4v) is 2.54. The Morgan fingerprint density at radius 3 is 2.45 bits per heavy atom. The van der Waals surface area contributed by atoms with Crippen LogP contribution in [0.25, 0.3) is 0 Å². The first-order valence-corrected chi connectivity index (χ1v) is 7.62. The van der Waals surface area contributed by atoms with E-state index in [2.05, 4.69) is 36.1 Å². The smallest absolute Gasteiger partial charge is 0.131 e. The van der Waals surface area contributed by atoms with E-state index in [4.69, 9.17) is 4.74 Å². The van der Waals surface area contributed by atoms with Crippen molar-refractivity contribution < 1.29 is 4.74 Å². The van der Waals surface area contributed by atoms with Gasteiger partial charge < -0.3 is 15.0 Å². The van der Waals surface area contributed by atoms with Crippen LogP contribution in [0.5, 0.6) is 0 Å². The third kappa shape index (κ3) is 4.49. The minimum absolute atomic E-state index is 0.738. The second-order valence-electron chi connectivity index (χ2n) is 5.17. The molecule has 0 fully saturated rings. The summed E-state index contributed by atoms with van der Waals surface area (Å²) in [5.74, 6) is 1.26. The standard InChI is InChI=1S/C15H30N4O/c1-6-9-19(10-7-2)15-14(12-16-8-11-20-5)13(3)17-18(15)4/h16H,6-12H2,1-5H3. The van der Waals surface area contributed by atoms with E-state index in [9.17, 15) is 0 Å². The molecule has 1 heterocycles. The molecule has 0 aromatic carbocycles. The average Bonchev–Trinajstić information content (AvgIpc) is 2.69. The molecule has 116 valence electrons. The van der Waals surface area contributed by atoms with Gasteiger partial charge in [-0.15, -0.1) is 0 Å². The molecule has 0 aliphatic rings. The minimum atomic E-state index is 0.738. The predicted octanol–water partition coefficient (Wildman–Crippen LogP) is 2.09. The van der Waals surface area contributed by atoms with E-state index < -0.39 is 0 Å². The second kappa shape index (κ2) is 8.97. The number of methoxy groups -OCH3 is 1. The molecule has 0 unspecified atom stereocenters. The lowest BCUT2D eigenvalue weighted by molar-refractivity contribution is 0.199. The zero-order chi connectivity index (χ0) is 15.0. The third-order valence-corrected chi connectivity index (χ3v) is 3.38. The molecule has 5 heteroatoms. The fourth-order valence-electron chi connectivity index (χ4n) is 2.54. The summed E-state index contributed by atoms with van der Waals surface area (Å²) in [4.78, 5) is 2.45. The van der Waals surface area contributed by atoms with Crippen molar-refractivity contribution in [2.45, 2.75) is 40.2 Å². The summed E-state index contributed by atoms with van der Waals surface area (Å²) in [7, 11) is 3.77. The van der Waals surface area contributed by atoms with Crippen LogP contribution in [0.2, 0.25) is 0 Å². The first kappa shape index (κ1) is 17.0. The molecular weight excluding hydrogens is 252 g/mol. The van der Waals surface area contributed by atoms with E-state index in [1.54, 1.807) is 7.11 Å². The lowest BCUT2D eigenvalue weighted by Gasteiger charge is -2.25. The topological polar surface area (TPSA) is 42.3 Å². The van der Waals surface area contributed by atoms with Gasteiger partial charge >= 0.3 is 0 Å². The Bertz CT molecular complexity index is 383. The molecule has 1 aromatic heterocycles. The Kier molecular flexibility index (Phi) is 7.62. The number of ether oxygens (including phenoxy) is 1. The van der Waals surface area contributed by atoms with Crippen molar-refractivity contribution in [3.63, 3.8) is 0 Å². The molecule has 20 heavy (non-hydrogen) atoms. The zero-order valence-electron chi connectivity index (χ0n) is 13.7. The molecule has 5 nitrogen and oxygen atoms in total. The number of nitrogens with one attached hydrogen (secondary N) is 1. The van der Waals surface area contributed by atoms with Crippen LogP contribution in [0.1, 0.15) is 37.9 Å². The van der Waals surface area contributed by atoms with Gasteiger partial charge in [0, 0.05) is 45.9 Å². The SMILES string of the molecule is CCCN(CCC)c1c(CNCCOC)c(C)nn1C. The van der Waals surface area contributed by atoms with Crippen molar-refractivity contribution in [3.8, 4) is 0 Å². The molecule has 1 rings (SSSR count). The van der Waals surface area contributed by atoms with Crippen LogP contribution in [-0.2, 0) is 18.3 Å². The van der Waals surface area contributed by atoms with Gasteiger partial charge in [-0.3, -0.25) is 4.68 Å². The maximum absolute atomic E-state index is 5.08. The third-order valence-electron chi connectivity index (χ3n) is 3.38. The largest absolute Gasteiger partial charge is 0.383 e. The maximum Gasteiger partial charge on any atom is 0.131 e. The first-order valence-electron chi connectivity index (χ1n) is 7.62. The Morgan fingerprint density at radius 1 is 1.25 bits per heavy atom. The molecule has 0 aliphatic carbocycles. The van der Waals surface area contributed by atoms with Crippen molar-refractivity contribution in [2.24, 2.45) is 7.05 Å². The van der Waals surface area contributed by atoms with Gasteiger partial charge in [-0.05, 0) is 19.8 Å². The summed E-state index contributed by atoms with van der Waals surface area (Å²) in [6, 6.07) is 0. The molecule has 1 aromatic rings. The highest BCUT2D eigenvalue weighted by Gasteiger charge is 2.18. The Labute approximate surface area is 123 Å². The summed E-state index contributed by atoms with van der Waals surface area (Å²) < 4.78 is 7.10. The molecule has 0 radical (unpaired) electrons. The van der Waals surface area contributed by atoms with E-state index in [-0.39, 0.29) is 0 Å². The van der Waals surface area contributed by atoms with Gasteiger partial charge in [0.1, 0.15) is 5.82 Å². The maximum atomic E-state index is 5.08. The predicted molar refractivity (Wildman–Crippen MR) is 84.3 cm³/mol. The summed E-state index contributed by atoms with van der Waals surface area (Å²) in [6.07, 6.45) is 2.31. The highest BCUT2D eigenvalue weighted by Crippen LogP contribution is 2.23. The van der Waals surface area contributed by atoms with Gasteiger partial charge in [-0.25, -0.2) is 0 Å². The van der Waals surface area contributed by atoms with Gasteiger partial charge in [-0.2, -0.15) is 5.10 Å². The minimum Gasteiger partial charge on any atom is -0.383 e. The summed E-state index contributed by atoms with van der Waals surface area (Å²) >= 11 is 0. The van der Waals surface area contributed by atoms with Crippen LogP contribution >= 0.6 is 0 Å². The number of aromatic nitrogens is 2. The number of aryl methyl sites for hydroxylation is 2. The van der Waals surface area contributed by atoms with Crippen LogP contribution in [0.15, 0.2) is 0 Å². The highest BCUT2D eigenvalue weighted by atomic mass is 16.5. The van der Waals surface area contributed by atoms with Crippen molar-refractivity contribution in [1.29, 1.82) is 0 Å². The number of rotatable bonds is 10. The van der Waals surface area contributed by atoms with E-state index in [0.717, 1.165) is 51.3 Å². The van der Waals surface area contributed by atoms with Crippen molar-refractivity contribution in [3.05, 3.63) is 11.3 Å². The Hall–Kier alpha value is -1.07. The molecule has 0 amide bonds. The van der Waals surface area contributed by atoms with Crippen LogP contribution in [0.3, 0.4) is 0 Å². The molecule has 0 atom stereocenters. The van der Waals surface area contributed by atoms with Gasteiger partial charge in [0.25, 0.3) is 0 Å². The van der Waals surface area contributed by atoms with E-state index in [1.807, 2.05) is 11.7 Å². The van der Waals surface area contributed by atoms with E-state index in [0.29, 0.717) is 0 Å². The van der Waals surface area contributed by atoms with Gasteiger partial charge in [0.05, 0.1) is 12.3 Å². The lowest BCUT2D eigenvalue weighted by atomic mass is 10.2. The molecule has 0 aliphatic heterocycles. The number of hydrogen-bond donors (Lipinski definition) is 1. The number of nitrogens with zero attached hydrogens (tertiary/aromatic N) is 3. The monoisotopic (exact) mass is 282 g/mol. The van der Waals surface area contributed by atoms with Crippen molar-refractivity contribution >= 4 is 5.82 Å².